The molecule has 1 aromatic rings. The second kappa shape index (κ2) is 3.77. The van der Waals surface area contributed by atoms with Crippen LogP contribution in [0.3, 0.4) is 0 Å². The van der Waals surface area contributed by atoms with E-state index in [0.29, 0.717) is 14.0 Å². The number of hydrogen-bond donors (Lipinski definition) is 1. The third-order valence-corrected chi connectivity index (χ3v) is 2.69. The Morgan fingerprint density at radius 3 is 2.08 bits per heavy atom. The lowest BCUT2D eigenvalue weighted by molar-refractivity contribution is 0.0695. The van der Waals surface area contributed by atoms with Crippen LogP contribution in [0.1, 0.15) is 10.4 Å². The van der Waals surface area contributed by atoms with Gasteiger partial charge in [-0.25, -0.2) is 4.79 Å². The summed E-state index contributed by atoms with van der Waals surface area (Å²) in [5.41, 5.74) is 0.180. The summed E-state index contributed by atoms with van der Waals surface area (Å²) < 4.78 is 0.934. The smallest absolute Gasteiger partial charge is 0.338 e. The molecule has 2 nitrogen and oxygen atoms in total. The second-order valence-corrected chi connectivity index (χ2v) is 4.19. The van der Waals surface area contributed by atoms with Gasteiger partial charge < -0.3 is 5.11 Å². The maximum Gasteiger partial charge on any atom is 0.338 e. The lowest BCUT2D eigenvalue weighted by Crippen LogP contribution is -1.98. The molecule has 0 aliphatic carbocycles. The van der Waals surface area contributed by atoms with Gasteiger partial charge in [0.2, 0.25) is 0 Å². The molecular formula is C7H3Br2ClO2. The van der Waals surface area contributed by atoms with Gasteiger partial charge in [-0.1, -0.05) is 11.6 Å². The second-order valence-electron chi connectivity index (χ2n) is 2.05. The van der Waals surface area contributed by atoms with Crippen LogP contribution in [0.2, 0.25) is 5.02 Å². The number of benzene rings is 1. The molecule has 1 N–H and O–H groups in total. The summed E-state index contributed by atoms with van der Waals surface area (Å²) in [5.74, 6) is -0.995. The van der Waals surface area contributed by atoms with Gasteiger partial charge in [-0.2, -0.15) is 0 Å². The molecule has 0 spiro atoms. The molecule has 1 aromatic carbocycles. The first-order valence-corrected chi connectivity index (χ1v) is 4.86. The van der Waals surface area contributed by atoms with Crippen LogP contribution in [-0.2, 0) is 0 Å². The zero-order valence-electron chi connectivity index (χ0n) is 5.64. The van der Waals surface area contributed by atoms with Gasteiger partial charge in [0.1, 0.15) is 0 Å². The highest BCUT2D eigenvalue weighted by molar-refractivity contribution is 9.11. The summed E-state index contributed by atoms with van der Waals surface area (Å²) >= 11 is 11.9. The summed E-state index contributed by atoms with van der Waals surface area (Å²) in [7, 11) is 0. The lowest BCUT2D eigenvalue weighted by Gasteiger charge is -2.02. The Labute approximate surface area is 90.8 Å². The summed E-state index contributed by atoms with van der Waals surface area (Å²) in [6, 6.07) is 3.07. The van der Waals surface area contributed by atoms with E-state index < -0.39 is 5.97 Å². The van der Waals surface area contributed by atoms with Crippen LogP contribution in [0.25, 0.3) is 0 Å². The number of aromatic carboxylic acids is 1. The maximum absolute atomic E-state index is 10.7. The van der Waals surface area contributed by atoms with Crippen LogP contribution in [-0.4, -0.2) is 11.1 Å². The minimum Gasteiger partial charge on any atom is -0.478 e. The van der Waals surface area contributed by atoms with Crippen molar-refractivity contribution in [2.75, 3.05) is 0 Å². The molecule has 1 rings (SSSR count). The highest BCUT2D eigenvalue weighted by atomic mass is 79.9. The Hall–Kier alpha value is -0.0600. The van der Waals surface area contributed by atoms with Crippen LogP contribution in [0.15, 0.2) is 21.1 Å². The fourth-order valence-electron chi connectivity index (χ4n) is 0.747. The lowest BCUT2D eigenvalue weighted by atomic mass is 10.2. The summed E-state index contributed by atoms with van der Waals surface area (Å²) in [6.45, 7) is 0. The van der Waals surface area contributed by atoms with Crippen molar-refractivity contribution in [2.45, 2.75) is 0 Å². The number of carboxylic acid groups (broad SMARTS) is 1. The zero-order valence-corrected chi connectivity index (χ0v) is 9.57. The van der Waals surface area contributed by atoms with Gasteiger partial charge in [0.25, 0.3) is 0 Å². The number of hydrogen-bond acceptors (Lipinski definition) is 1. The van der Waals surface area contributed by atoms with E-state index in [4.69, 9.17) is 16.7 Å². The van der Waals surface area contributed by atoms with Crippen molar-refractivity contribution < 1.29 is 9.90 Å². The van der Waals surface area contributed by atoms with Gasteiger partial charge in [-0.05, 0) is 44.0 Å². The Morgan fingerprint density at radius 2 is 1.75 bits per heavy atom. The fraction of sp³-hybridized carbons (Fsp3) is 0. The molecule has 0 amide bonds. The van der Waals surface area contributed by atoms with Gasteiger partial charge in [-0.3, -0.25) is 0 Å². The average Bonchev–Trinajstić information content (AvgIpc) is 1.82. The number of halogens is 3. The van der Waals surface area contributed by atoms with Crippen molar-refractivity contribution >= 4 is 49.4 Å². The SMILES string of the molecule is O=C(O)c1c(Br)cc(Cl)cc1Br. The van der Waals surface area contributed by atoms with Crippen molar-refractivity contribution in [3.63, 3.8) is 0 Å². The number of carbonyl (C=O) groups is 1. The van der Waals surface area contributed by atoms with Crippen molar-refractivity contribution in [1.82, 2.24) is 0 Å². The van der Waals surface area contributed by atoms with Gasteiger partial charge in [0.05, 0.1) is 5.56 Å². The molecule has 0 saturated carbocycles. The Bertz CT molecular complexity index is 315. The topological polar surface area (TPSA) is 37.3 Å². The van der Waals surface area contributed by atoms with Crippen molar-refractivity contribution in [3.05, 3.63) is 31.7 Å². The zero-order chi connectivity index (χ0) is 9.30. The van der Waals surface area contributed by atoms with E-state index in [1.807, 2.05) is 0 Å². The van der Waals surface area contributed by atoms with E-state index in [0.717, 1.165) is 0 Å². The van der Waals surface area contributed by atoms with Gasteiger partial charge in [-0.15, -0.1) is 0 Å². The van der Waals surface area contributed by atoms with Gasteiger partial charge in [0, 0.05) is 14.0 Å². The quantitative estimate of drug-likeness (QED) is 0.860. The summed E-state index contributed by atoms with van der Waals surface area (Å²) in [4.78, 5) is 10.7. The highest BCUT2D eigenvalue weighted by Gasteiger charge is 2.13. The molecule has 64 valence electrons. The van der Waals surface area contributed by atoms with E-state index >= 15 is 0 Å². The highest BCUT2D eigenvalue weighted by Crippen LogP contribution is 2.29. The third-order valence-electron chi connectivity index (χ3n) is 1.22. The summed E-state index contributed by atoms with van der Waals surface area (Å²) in [5, 5.41) is 9.22. The monoisotopic (exact) mass is 312 g/mol. The number of rotatable bonds is 1. The predicted octanol–water partition coefficient (Wildman–Crippen LogP) is 3.56. The van der Waals surface area contributed by atoms with E-state index in [1.165, 1.54) is 12.1 Å². The molecule has 5 heteroatoms. The van der Waals surface area contributed by atoms with E-state index in [-0.39, 0.29) is 5.56 Å². The molecule has 0 bridgehead atoms. The first kappa shape index (κ1) is 10.0. The molecule has 0 saturated heterocycles. The molecule has 0 unspecified atom stereocenters. The average molecular weight is 314 g/mol. The van der Waals surface area contributed by atoms with Gasteiger partial charge >= 0.3 is 5.97 Å². The standard InChI is InChI=1S/C7H3Br2ClO2/c8-4-1-3(10)2-5(9)6(4)7(11)12/h1-2H,(H,11,12). The minimum atomic E-state index is -0.995. The van der Waals surface area contributed by atoms with Gasteiger partial charge in [0.15, 0.2) is 0 Å². The van der Waals surface area contributed by atoms with E-state index in [1.54, 1.807) is 0 Å². The van der Waals surface area contributed by atoms with Crippen LogP contribution >= 0.6 is 43.5 Å². The van der Waals surface area contributed by atoms with E-state index in [9.17, 15) is 4.79 Å². The normalized spacial score (nSPS) is 9.92. The molecule has 0 aromatic heterocycles. The molecular weight excluding hydrogens is 311 g/mol. The maximum atomic E-state index is 10.7. The molecule has 0 atom stereocenters. The predicted molar refractivity (Wildman–Crippen MR) is 53.8 cm³/mol. The number of carboxylic acids is 1. The van der Waals surface area contributed by atoms with Crippen LogP contribution < -0.4 is 0 Å². The van der Waals surface area contributed by atoms with Crippen LogP contribution in [0.5, 0.6) is 0 Å². The van der Waals surface area contributed by atoms with Crippen molar-refractivity contribution in [1.29, 1.82) is 0 Å². The molecule has 12 heavy (non-hydrogen) atoms. The summed E-state index contributed by atoms with van der Waals surface area (Å²) in [6.07, 6.45) is 0. The van der Waals surface area contributed by atoms with Crippen molar-refractivity contribution in [2.24, 2.45) is 0 Å². The first-order chi connectivity index (χ1) is 5.52. The first-order valence-electron chi connectivity index (χ1n) is 2.90. The molecule has 0 aliphatic heterocycles. The fourth-order valence-corrected chi connectivity index (χ4v) is 2.75. The Morgan fingerprint density at radius 1 is 1.33 bits per heavy atom. The minimum absolute atomic E-state index is 0.180. The largest absolute Gasteiger partial charge is 0.478 e. The van der Waals surface area contributed by atoms with Crippen LogP contribution in [0, 0.1) is 0 Å². The van der Waals surface area contributed by atoms with Crippen molar-refractivity contribution in [3.8, 4) is 0 Å². The third kappa shape index (κ3) is 2.00. The Balaban J connectivity index is 3.38. The molecule has 0 radical (unpaired) electrons. The Kier molecular flexibility index (Phi) is 3.15. The molecule has 0 heterocycles. The van der Waals surface area contributed by atoms with E-state index in [2.05, 4.69) is 31.9 Å². The molecule has 0 aliphatic rings. The molecule has 0 fully saturated rings. The van der Waals surface area contributed by atoms with Crippen LogP contribution in [0.4, 0.5) is 0 Å².